The number of halogens is 2. The zero-order valence-corrected chi connectivity index (χ0v) is 20.3. The third-order valence-electron chi connectivity index (χ3n) is 5.77. The summed E-state index contributed by atoms with van der Waals surface area (Å²) in [6, 6.07) is 8.23. The molecule has 0 radical (unpaired) electrons. The van der Waals surface area contributed by atoms with Crippen molar-refractivity contribution in [2.24, 2.45) is 0 Å². The van der Waals surface area contributed by atoms with Gasteiger partial charge in [0.2, 0.25) is 5.91 Å². The van der Waals surface area contributed by atoms with Crippen LogP contribution in [-0.4, -0.2) is 56.6 Å². The van der Waals surface area contributed by atoms with E-state index in [0.29, 0.717) is 44.0 Å². The lowest BCUT2D eigenvalue weighted by Crippen LogP contribution is -2.46. The van der Waals surface area contributed by atoms with Crippen LogP contribution in [0.3, 0.4) is 0 Å². The number of morpholine rings is 1. The third kappa shape index (κ3) is 4.76. The van der Waals surface area contributed by atoms with E-state index < -0.39 is 15.5 Å². The van der Waals surface area contributed by atoms with E-state index in [1.54, 1.807) is 4.90 Å². The van der Waals surface area contributed by atoms with Gasteiger partial charge in [0, 0.05) is 25.8 Å². The van der Waals surface area contributed by atoms with Gasteiger partial charge < -0.3 is 14.2 Å². The van der Waals surface area contributed by atoms with Crippen molar-refractivity contribution in [3.63, 3.8) is 0 Å². The van der Waals surface area contributed by atoms with Gasteiger partial charge in [0.25, 0.3) is 0 Å². The van der Waals surface area contributed by atoms with E-state index >= 15 is 4.39 Å². The maximum absolute atomic E-state index is 15.3. The summed E-state index contributed by atoms with van der Waals surface area (Å²) in [4.78, 5) is 18.7. The fraction of sp³-hybridized carbons (Fsp3) is 0.391. The molecule has 0 bridgehead atoms. The molecule has 7 nitrogen and oxygen atoms in total. The van der Waals surface area contributed by atoms with Crippen LogP contribution in [0.15, 0.2) is 35.2 Å². The molecule has 2 atom stereocenters. The predicted molar refractivity (Wildman–Crippen MR) is 127 cm³/mol. The Labute approximate surface area is 197 Å². The summed E-state index contributed by atoms with van der Waals surface area (Å²) in [5.74, 6) is -0.308. The molecule has 0 spiro atoms. The molecule has 4 rings (SSSR count). The molecule has 0 aliphatic carbocycles. The molecule has 1 fully saturated rings. The SMILES string of the molecule is CCC(=O)N1CCO[C@@H](Cn2c(-c3c(F)cc(S(C)(=N)=O)cc3Cl)nc3cc(C)ccc32)C1. The Bertz CT molecular complexity index is 1320. The molecular weight excluding hydrogens is 467 g/mol. The number of benzene rings is 2. The Hall–Kier alpha value is -2.49. The van der Waals surface area contributed by atoms with E-state index in [-0.39, 0.29) is 27.5 Å². The van der Waals surface area contributed by atoms with Gasteiger partial charge in [0.15, 0.2) is 0 Å². The van der Waals surface area contributed by atoms with Crippen LogP contribution >= 0.6 is 11.6 Å². The summed E-state index contributed by atoms with van der Waals surface area (Å²) in [6.07, 6.45) is 1.35. The number of carbonyl (C=O) groups is 1. The monoisotopic (exact) mass is 492 g/mol. The van der Waals surface area contributed by atoms with Crippen molar-refractivity contribution in [2.75, 3.05) is 26.0 Å². The van der Waals surface area contributed by atoms with Crippen LogP contribution in [0.4, 0.5) is 4.39 Å². The summed E-state index contributed by atoms with van der Waals surface area (Å²) in [6.45, 7) is 5.54. The number of nitrogens with one attached hydrogen (secondary N) is 1. The van der Waals surface area contributed by atoms with Crippen LogP contribution in [-0.2, 0) is 25.8 Å². The summed E-state index contributed by atoms with van der Waals surface area (Å²) in [5, 5.41) is 0.0347. The number of fused-ring (bicyclic) bond motifs is 1. The minimum atomic E-state index is -3.14. The number of hydrogen-bond acceptors (Lipinski definition) is 5. The van der Waals surface area contributed by atoms with Gasteiger partial charge >= 0.3 is 0 Å². The quantitative estimate of drug-likeness (QED) is 0.569. The van der Waals surface area contributed by atoms with E-state index in [0.717, 1.165) is 17.1 Å². The van der Waals surface area contributed by atoms with Crippen molar-refractivity contribution in [1.29, 1.82) is 4.78 Å². The Balaban J connectivity index is 1.82. The van der Waals surface area contributed by atoms with Crippen LogP contribution in [0.5, 0.6) is 0 Å². The highest BCUT2D eigenvalue weighted by Crippen LogP contribution is 2.35. The average Bonchev–Trinajstić information content (AvgIpc) is 3.09. The molecule has 0 saturated carbocycles. The topological polar surface area (TPSA) is 88.3 Å². The zero-order valence-electron chi connectivity index (χ0n) is 18.7. The number of rotatable bonds is 5. The fourth-order valence-electron chi connectivity index (χ4n) is 4.09. The Morgan fingerprint density at radius 2 is 2.12 bits per heavy atom. The molecule has 1 aliphatic heterocycles. The van der Waals surface area contributed by atoms with Gasteiger partial charge in [-0.2, -0.15) is 0 Å². The second kappa shape index (κ2) is 9.04. The number of ether oxygens (including phenoxy) is 1. The van der Waals surface area contributed by atoms with Crippen molar-refractivity contribution in [2.45, 2.75) is 37.8 Å². The van der Waals surface area contributed by atoms with Crippen LogP contribution in [0.25, 0.3) is 22.4 Å². The van der Waals surface area contributed by atoms with Crippen molar-refractivity contribution in [1.82, 2.24) is 14.5 Å². The summed E-state index contributed by atoms with van der Waals surface area (Å²) in [5.41, 5.74) is 2.56. The smallest absolute Gasteiger partial charge is 0.222 e. The molecule has 33 heavy (non-hydrogen) atoms. The van der Waals surface area contributed by atoms with E-state index in [1.807, 2.05) is 36.6 Å². The summed E-state index contributed by atoms with van der Waals surface area (Å²) >= 11 is 6.45. The Morgan fingerprint density at radius 1 is 1.36 bits per heavy atom. The zero-order chi connectivity index (χ0) is 23.9. The van der Waals surface area contributed by atoms with Crippen LogP contribution < -0.4 is 0 Å². The molecule has 1 saturated heterocycles. The number of amides is 1. The summed E-state index contributed by atoms with van der Waals surface area (Å²) in [7, 11) is -3.14. The Morgan fingerprint density at radius 3 is 2.79 bits per heavy atom. The van der Waals surface area contributed by atoms with Crippen LogP contribution in [0, 0.1) is 17.5 Å². The molecule has 1 N–H and O–H groups in total. The highest BCUT2D eigenvalue weighted by molar-refractivity contribution is 7.91. The first-order chi connectivity index (χ1) is 15.6. The number of hydrogen-bond donors (Lipinski definition) is 1. The van der Waals surface area contributed by atoms with Crippen LogP contribution in [0.2, 0.25) is 5.02 Å². The molecular formula is C23H26ClFN4O3S. The number of carbonyl (C=O) groups excluding carboxylic acids is 1. The standard InChI is InChI=1S/C23H26ClFN4O3S/c1-4-21(30)28-7-8-32-15(12-28)13-29-20-6-5-14(2)9-19(20)27-23(29)22-17(24)10-16(11-18(22)25)33(3,26)31/h5-6,9-11,15,26H,4,7-8,12-13H2,1-3H3/t15-,33?/m1/s1. The molecule has 1 aliphatic rings. The molecule has 176 valence electrons. The van der Waals surface area contributed by atoms with Crippen molar-refractivity contribution in [3.8, 4) is 11.4 Å². The van der Waals surface area contributed by atoms with Gasteiger partial charge in [0.1, 0.15) is 11.6 Å². The van der Waals surface area contributed by atoms with Crippen LogP contribution in [0.1, 0.15) is 18.9 Å². The van der Waals surface area contributed by atoms with E-state index in [4.69, 9.17) is 21.1 Å². The van der Waals surface area contributed by atoms with Gasteiger partial charge in [-0.3, -0.25) is 4.79 Å². The maximum Gasteiger partial charge on any atom is 0.222 e. The first-order valence-corrected chi connectivity index (χ1v) is 13.0. The molecule has 3 aromatic rings. The molecule has 2 heterocycles. The summed E-state index contributed by atoms with van der Waals surface area (Å²) < 4.78 is 43.0. The first kappa shape index (κ1) is 23.7. The fourth-order valence-corrected chi connectivity index (χ4v) is 5.12. The van der Waals surface area contributed by atoms with E-state index in [2.05, 4.69) is 4.98 Å². The maximum atomic E-state index is 15.3. The van der Waals surface area contributed by atoms with Gasteiger partial charge in [-0.25, -0.2) is 18.4 Å². The highest BCUT2D eigenvalue weighted by Gasteiger charge is 2.27. The molecule has 10 heteroatoms. The first-order valence-electron chi connectivity index (χ1n) is 10.7. The third-order valence-corrected chi connectivity index (χ3v) is 7.21. The largest absolute Gasteiger partial charge is 0.373 e. The average molecular weight is 493 g/mol. The van der Waals surface area contributed by atoms with Crippen molar-refractivity contribution in [3.05, 3.63) is 46.7 Å². The van der Waals surface area contributed by atoms with Gasteiger partial charge in [-0.15, -0.1) is 0 Å². The number of aromatic nitrogens is 2. The van der Waals surface area contributed by atoms with Gasteiger partial charge in [-0.1, -0.05) is 24.6 Å². The molecule has 1 amide bonds. The lowest BCUT2D eigenvalue weighted by Gasteiger charge is -2.33. The lowest BCUT2D eigenvalue weighted by molar-refractivity contribution is -0.138. The van der Waals surface area contributed by atoms with Gasteiger partial charge in [0.05, 0.1) is 55.5 Å². The van der Waals surface area contributed by atoms with E-state index in [1.165, 1.54) is 12.3 Å². The molecule has 1 aromatic heterocycles. The second-order valence-electron chi connectivity index (χ2n) is 8.33. The van der Waals surface area contributed by atoms with Crippen molar-refractivity contribution >= 4 is 38.3 Å². The second-order valence-corrected chi connectivity index (χ2v) is 10.9. The minimum Gasteiger partial charge on any atom is -0.373 e. The number of aryl methyl sites for hydroxylation is 1. The molecule has 2 aromatic carbocycles. The minimum absolute atomic E-state index is 0.0246. The normalized spacial score (nSPS) is 18.5. The predicted octanol–water partition coefficient (Wildman–Crippen LogP) is 4.48. The van der Waals surface area contributed by atoms with E-state index in [9.17, 15) is 9.00 Å². The Kier molecular flexibility index (Phi) is 6.48. The lowest BCUT2D eigenvalue weighted by atomic mass is 10.1. The van der Waals surface area contributed by atoms with Crippen molar-refractivity contribution < 1.29 is 18.1 Å². The number of imidazole rings is 1. The highest BCUT2D eigenvalue weighted by atomic mass is 35.5. The van der Waals surface area contributed by atoms with Gasteiger partial charge in [-0.05, 0) is 36.8 Å². The number of nitrogens with zero attached hydrogens (tertiary/aromatic N) is 3. The molecule has 1 unspecified atom stereocenters.